The van der Waals surface area contributed by atoms with Crippen LogP contribution in [0, 0.1) is 29.1 Å². The molecule has 4 heteroatoms. The van der Waals surface area contributed by atoms with Crippen LogP contribution in [0.5, 0.6) is 0 Å². The van der Waals surface area contributed by atoms with Gasteiger partial charge in [-0.2, -0.15) is 0 Å². The first-order valence-electron chi connectivity index (χ1n) is 11.9. The van der Waals surface area contributed by atoms with Gasteiger partial charge in [0.15, 0.2) is 0 Å². The van der Waals surface area contributed by atoms with Gasteiger partial charge in [-0.3, -0.25) is 9.59 Å². The molecular weight excluding hydrogens is 372 g/mol. The maximum atomic E-state index is 12.8. The molecule has 0 aromatic heterocycles. The summed E-state index contributed by atoms with van der Waals surface area (Å²) >= 11 is 0. The molecule has 6 rings (SSSR count). The molecule has 1 N–H and O–H groups in total. The van der Waals surface area contributed by atoms with E-state index in [2.05, 4.69) is 5.32 Å². The van der Waals surface area contributed by atoms with E-state index in [1.54, 1.807) is 6.08 Å². The molecule has 1 aromatic rings. The second-order valence-electron chi connectivity index (χ2n) is 10.5. The first-order valence-corrected chi connectivity index (χ1v) is 11.9. The maximum Gasteiger partial charge on any atom is 0.246 e. The highest BCUT2D eigenvalue weighted by molar-refractivity contribution is 5.92. The van der Waals surface area contributed by atoms with Crippen molar-refractivity contribution in [2.24, 2.45) is 29.1 Å². The number of amides is 2. The molecular formula is C26H34N2O2. The lowest BCUT2D eigenvalue weighted by Crippen LogP contribution is -2.52. The molecule has 4 aliphatic carbocycles. The second kappa shape index (κ2) is 8.20. The minimum absolute atomic E-state index is 0.0475. The Bertz CT molecular complexity index is 772. The number of hydrogen-bond acceptors (Lipinski definition) is 2. The van der Waals surface area contributed by atoms with Crippen LogP contribution in [0.4, 0.5) is 0 Å². The average Bonchev–Trinajstić information content (AvgIpc) is 2.76. The van der Waals surface area contributed by atoms with Crippen LogP contribution in [0.1, 0.15) is 56.9 Å². The van der Waals surface area contributed by atoms with Gasteiger partial charge in [0.1, 0.15) is 0 Å². The number of rotatable bonds is 5. The van der Waals surface area contributed by atoms with Gasteiger partial charge in [0, 0.05) is 31.6 Å². The Morgan fingerprint density at radius 3 is 2.17 bits per heavy atom. The Labute approximate surface area is 180 Å². The number of hydrogen-bond donors (Lipinski definition) is 1. The van der Waals surface area contributed by atoms with Crippen LogP contribution in [0.15, 0.2) is 36.4 Å². The van der Waals surface area contributed by atoms with Crippen LogP contribution >= 0.6 is 0 Å². The zero-order valence-electron chi connectivity index (χ0n) is 17.9. The van der Waals surface area contributed by atoms with Crippen molar-refractivity contribution in [3.8, 4) is 0 Å². The van der Waals surface area contributed by atoms with E-state index in [1.807, 2.05) is 41.3 Å². The fraction of sp³-hybridized carbons (Fsp3) is 0.615. The van der Waals surface area contributed by atoms with Crippen LogP contribution in [0.2, 0.25) is 0 Å². The van der Waals surface area contributed by atoms with Crippen molar-refractivity contribution in [1.82, 2.24) is 10.2 Å². The van der Waals surface area contributed by atoms with Crippen molar-refractivity contribution < 1.29 is 9.59 Å². The monoisotopic (exact) mass is 406 g/mol. The highest BCUT2D eigenvalue weighted by atomic mass is 16.2. The molecule has 1 aliphatic heterocycles. The van der Waals surface area contributed by atoms with Crippen molar-refractivity contribution in [3.05, 3.63) is 42.0 Å². The van der Waals surface area contributed by atoms with Gasteiger partial charge in [-0.05, 0) is 86.2 Å². The van der Waals surface area contributed by atoms with Crippen LogP contribution in [0.25, 0.3) is 6.08 Å². The number of benzene rings is 1. The van der Waals surface area contributed by atoms with Crippen LogP contribution in [-0.4, -0.2) is 36.3 Å². The predicted octanol–water partition coefficient (Wildman–Crippen LogP) is 4.27. The van der Waals surface area contributed by atoms with E-state index in [9.17, 15) is 9.59 Å². The van der Waals surface area contributed by atoms with Crippen LogP contribution < -0.4 is 5.32 Å². The molecule has 0 atom stereocenters. The SMILES string of the molecule is O=C(NCC12CC3CC(CC(C3)C1)C2)C1CCN(C(=O)C=Cc2ccccc2)CC1. The summed E-state index contributed by atoms with van der Waals surface area (Å²) in [7, 11) is 0. The van der Waals surface area contributed by atoms with E-state index >= 15 is 0 Å². The Balaban J connectivity index is 1.09. The zero-order valence-corrected chi connectivity index (χ0v) is 17.9. The summed E-state index contributed by atoms with van der Waals surface area (Å²) < 4.78 is 0. The normalized spacial score (nSPS) is 33.2. The maximum absolute atomic E-state index is 12.8. The van der Waals surface area contributed by atoms with Crippen molar-refractivity contribution in [1.29, 1.82) is 0 Å². The summed E-state index contributed by atoms with van der Waals surface area (Å²) in [5.74, 6) is 3.09. The zero-order chi connectivity index (χ0) is 20.6. The Morgan fingerprint density at radius 1 is 0.967 bits per heavy atom. The second-order valence-corrected chi connectivity index (χ2v) is 10.5. The van der Waals surface area contributed by atoms with Gasteiger partial charge in [0.25, 0.3) is 0 Å². The third-order valence-electron chi connectivity index (χ3n) is 8.20. The van der Waals surface area contributed by atoms with Crippen LogP contribution in [0.3, 0.4) is 0 Å². The number of carbonyl (C=O) groups excluding carboxylic acids is 2. The molecule has 5 aliphatic rings. The molecule has 0 unspecified atom stereocenters. The van der Waals surface area contributed by atoms with Gasteiger partial charge in [0.05, 0.1) is 0 Å². The summed E-state index contributed by atoms with van der Waals surface area (Å²) in [6.45, 7) is 2.23. The van der Waals surface area contributed by atoms with Gasteiger partial charge in [-0.25, -0.2) is 0 Å². The van der Waals surface area contributed by atoms with Crippen molar-refractivity contribution in [2.45, 2.75) is 51.4 Å². The summed E-state index contributed by atoms with van der Waals surface area (Å²) in [5.41, 5.74) is 1.42. The van der Waals surface area contributed by atoms with Gasteiger partial charge in [0.2, 0.25) is 11.8 Å². The highest BCUT2D eigenvalue weighted by Crippen LogP contribution is 2.59. The van der Waals surface area contributed by atoms with Crippen LogP contribution in [-0.2, 0) is 9.59 Å². The molecule has 30 heavy (non-hydrogen) atoms. The molecule has 160 valence electrons. The molecule has 1 aromatic carbocycles. The molecule has 4 saturated carbocycles. The predicted molar refractivity (Wildman–Crippen MR) is 118 cm³/mol. The molecule has 0 spiro atoms. The summed E-state index contributed by atoms with van der Waals surface area (Å²) in [6.07, 6.45) is 13.4. The average molecular weight is 407 g/mol. The lowest BCUT2D eigenvalue weighted by molar-refractivity contribution is -0.133. The molecule has 1 heterocycles. The summed E-state index contributed by atoms with van der Waals surface area (Å²) in [5, 5.41) is 3.34. The van der Waals surface area contributed by atoms with Crippen molar-refractivity contribution >= 4 is 17.9 Å². The molecule has 5 fully saturated rings. The van der Waals surface area contributed by atoms with E-state index in [1.165, 1.54) is 38.5 Å². The lowest BCUT2D eigenvalue weighted by Gasteiger charge is -2.57. The van der Waals surface area contributed by atoms with E-state index in [0.29, 0.717) is 18.5 Å². The Morgan fingerprint density at radius 2 is 1.57 bits per heavy atom. The number of piperidine rings is 1. The fourth-order valence-corrected chi connectivity index (χ4v) is 7.12. The third kappa shape index (κ3) is 4.19. The lowest BCUT2D eigenvalue weighted by atomic mass is 9.49. The number of likely N-dealkylation sites (tertiary alicyclic amines) is 1. The molecule has 1 saturated heterocycles. The molecule has 4 nitrogen and oxygen atoms in total. The van der Waals surface area contributed by atoms with Gasteiger partial charge in [-0.1, -0.05) is 30.3 Å². The number of carbonyl (C=O) groups is 2. The first-order chi connectivity index (χ1) is 14.6. The highest BCUT2D eigenvalue weighted by Gasteiger charge is 2.50. The number of nitrogens with one attached hydrogen (secondary N) is 1. The largest absolute Gasteiger partial charge is 0.355 e. The number of nitrogens with zero attached hydrogens (tertiary/aromatic N) is 1. The Kier molecular flexibility index (Phi) is 5.43. The molecule has 0 radical (unpaired) electrons. The van der Waals surface area contributed by atoms with Crippen molar-refractivity contribution in [2.75, 3.05) is 19.6 Å². The van der Waals surface area contributed by atoms with Gasteiger partial charge >= 0.3 is 0 Å². The minimum atomic E-state index is 0.0475. The molecule has 4 bridgehead atoms. The standard InChI is InChI=1S/C26H34N2O2/c29-24(7-6-19-4-2-1-3-5-19)28-10-8-23(9-11-28)25(30)27-18-26-15-20-12-21(16-26)14-22(13-20)17-26/h1-7,20-23H,8-18H2,(H,27,30). The molecule has 2 amide bonds. The quantitative estimate of drug-likeness (QED) is 0.743. The minimum Gasteiger partial charge on any atom is -0.355 e. The first kappa shape index (κ1) is 19.8. The summed E-state index contributed by atoms with van der Waals surface area (Å²) in [6, 6.07) is 9.89. The van der Waals surface area contributed by atoms with E-state index in [0.717, 1.165) is 42.7 Å². The third-order valence-corrected chi connectivity index (χ3v) is 8.20. The van der Waals surface area contributed by atoms with E-state index in [-0.39, 0.29) is 17.7 Å². The van der Waals surface area contributed by atoms with Gasteiger partial charge in [-0.15, -0.1) is 0 Å². The smallest absolute Gasteiger partial charge is 0.246 e. The fourth-order valence-electron chi connectivity index (χ4n) is 7.12. The Hall–Kier alpha value is -2.10. The van der Waals surface area contributed by atoms with E-state index in [4.69, 9.17) is 0 Å². The summed E-state index contributed by atoms with van der Waals surface area (Å²) in [4.78, 5) is 27.2. The van der Waals surface area contributed by atoms with Gasteiger partial charge < -0.3 is 10.2 Å². The van der Waals surface area contributed by atoms with Crippen molar-refractivity contribution in [3.63, 3.8) is 0 Å². The topological polar surface area (TPSA) is 49.4 Å². The van der Waals surface area contributed by atoms with E-state index < -0.39 is 0 Å².